The van der Waals surface area contributed by atoms with Crippen LogP contribution in [0.15, 0.2) is 0 Å². The molecule has 0 aromatic rings. The maximum atomic E-state index is 11.6. The lowest BCUT2D eigenvalue weighted by Crippen LogP contribution is -2.40. The van der Waals surface area contributed by atoms with E-state index in [1.165, 1.54) is 19.1 Å². The third kappa shape index (κ3) is 1.46. The van der Waals surface area contributed by atoms with Crippen molar-refractivity contribution >= 4 is 9.84 Å². The lowest BCUT2D eigenvalue weighted by Gasteiger charge is -2.41. The van der Waals surface area contributed by atoms with E-state index in [-0.39, 0.29) is 10.8 Å². The molecule has 0 saturated heterocycles. The van der Waals surface area contributed by atoms with Gasteiger partial charge in [-0.3, -0.25) is 0 Å². The highest BCUT2D eigenvalue weighted by Crippen LogP contribution is 2.68. The van der Waals surface area contributed by atoms with Gasteiger partial charge in [0.05, 0.1) is 5.75 Å². The summed E-state index contributed by atoms with van der Waals surface area (Å²) in [5, 5.41) is 0. The van der Waals surface area contributed by atoms with Crippen molar-refractivity contribution in [3.05, 3.63) is 0 Å². The summed E-state index contributed by atoms with van der Waals surface area (Å²) in [5.41, 5.74) is 0.279. The first-order valence-corrected chi connectivity index (χ1v) is 7.93. The summed E-state index contributed by atoms with van der Waals surface area (Å²) < 4.78 is 23.2. The van der Waals surface area contributed by atoms with Crippen LogP contribution in [-0.4, -0.2) is 20.4 Å². The molecule has 3 unspecified atom stereocenters. The van der Waals surface area contributed by atoms with Gasteiger partial charge >= 0.3 is 0 Å². The molecule has 2 aliphatic carbocycles. The van der Waals surface area contributed by atoms with E-state index in [1.807, 2.05) is 0 Å². The zero-order chi connectivity index (χ0) is 11.5. The first-order chi connectivity index (χ1) is 6.69. The number of rotatable bonds is 2. The molecule has 2 nitrogen and oxygen atoms in total. The molecule has 2 bridgehead atoms. The molecule has 3 heteroatoms. The Balaban J connectivity index is 2.40. The van der Waals surface area contributed by atoms with Crippen LogP contribution in [0.2, 0.25) is 0 Å². The second kappa shape index (κ2) is 2.99. The first kappa shape index (κ1) is 11.4. The highest BCUT2D eigenvalue weighted by Gasteiger charge is 2.63. The fraction of sp³-hybridized carbons (Fsp3) is 1.00. The van der Waals surface area contributed by atoms with Crippen LogP contribution in [0, 0.1) is 22.7 Å². The Morgan fingerprint density at radius 3 is 2.27 bits per heavy atom. The highest BCUT2D eigenvalue weighted by atomic mass is 32.2. The summed E-state index contributed by atoms with van der Waals surface area (Å²) in [6.07, 6.45) is 4.95. The van der Waals surface area contributed by atoms with Crippen LogP contribution in [0.3, 0.4) is 0 Å². The van der Waals surface area contributed by atoms with Crippen LogP contribution in [0.1, 0.15) is 40.0 Å². The second-order valence-corrected chi connectivity index (χ2v) is 8.46. The molecule has 88 valence electrons. The summed E-state index contributed by atoms with van der Waals surface area (Å²) in [6.45, 7) is 6.80. The summed E-state index contributed by atoms with van der Waals surface area (Å²) in [7, 11) is -2.86. The molecule has 2 fully saturated rings. The van der Waals surface area contributed by atoms with E-state index in [9.17, 15) is 8.42 Å². The van der Waals surface area contributed by atoms with Crippen molar-refractivity contribution in [3.8, 4) is 0 Å². The van der Waals surface area contributed by atoms with Crippen molar-refractivity contribution in [3.63, 3.8) is 0 Å². The molecule has 0 spiro atoms. The molecule has 3 atom stereocenters. The second-order valence-electron chi connectivity index (χ2n) is 6.32. The van der Waals surface area contributed by atoms with Gasteiger partial charge in [0, 0.05) is 6.26 Å². The predicted octanol–water partition coefficient (Wildman–Crippen LogP) is 2.49. The molecule has 0 N–H and O–H groups in total. The van der Waals surface area contributed by atoms with Gasteiger partial charge in [-0.05, 0) is 41.9 Å². The standard InChI is InChI=1S/C12H22O2S/c1-9-7-10-5-6-12(9,11(10,2)3)8-15(4,13)14/h9-10H,5-8H2,1-4H3. The van der Waals surface area contributed by atoms with E-state index in [0.717, 1.165) is 12.3 Å². The monoisotopic (exact) mass is 230 g/mol. The van der Waals surface area contributed by atoms with Crippen LogP contribution in [-0.2, 0) is 9.84 Å². The zero-order valence-electron chi connectivity index (χ0n) is 10.2. The molecule has 0 heterocycles. The van der Waals surface area contributed by atoms with Crippen LogP contribution in [0.5, 0.6) is 0 Å². The summed E-state index contributed by atoms with van der Waals surface area (Å²) in [5.74, 6) is 1.71. The quantitative estimate of drug-likeness (QED) is 0.730. The van der Waals surface area contributed by atoms with E-state index in [0.29, 0.717) is 11.7 Å². The number of fused-ring (bicyclic) bond motifs is 2. The van der Waals surface area contributed by atoms with Gasteiger partial charge in [0.25, 0.3) is 0 Å². The van der Waals surface area contributed by atoms with Crippen LogP contribution >= 0.6 is 0 Å². The van der Waals surface area contributed by atoms with Crippen LogP contribution in [0.25, 0.3) is 0 Å². The molecule has 2 saturated carbocycles. The van der Waals surface area contributed by atoms with E-state index < -0.39 is 9.84 Å². The fourth-order valence-corrected chi connectivity index (χ4v) is 6.07. The maximum Gasteiger partial charge on any atom is 0.148 e. The number of sulfone groups is 1. The third-order valence-electron chi connectivity index (χ3n) is 5.34. The molecule has 15 heavy (non-hydrogen) atoms. The minimum Gasteiger partial charge on any atom is -0.229 e. The Kier molecular flexibility index (Phi) is 2.28. The molecule has 2 rings (SSSR count). The minimum atomic E-state index is -2.86. The van der Waals surface area contributed by atoms with E-state index >= 15 is 0 Å². The topological polar surface area (TPSA) is 34.1 Å². The largest absolute Gasteiger partial charge is 0.229 e. The Bertz CT molecular complexity index is 369. The van der Waals surface area contributed by atoms with Crippen molar-refractivity contribution < 1.29 is 8.42 Å². The smallest absolute Gasteiger partial charge is 0.148 e. The van der Waals surface area contributed by atoms with Gasteiger partial charge in [-0.25, -0.2) is 8.42 Å². The van der Waals surface area contributed by atoms with Gasteiger partial charge in [0.2, 0.25) is 0 Å². The first-order valence-electron chi connectivity index (χ1n) is 5.87. The van der Waals surface area contributed by atoms with Gasteiger partial charge in [0.1, 0.15) is 9.84 Å². The van der Waals surface area contributed by atoms with E-state index in [1.54, 1.807) is 0 Å². The summed E-state index contributed by atoms with van der Waals surface area (Å²) in [6, 6.07) is 0. The lowest BCUT2D eigenvalue weighted by molar-refractivity contribution is 0.115. The Morgan fingerprint density at radius 1 is 1.33 bits per heavy atom. The van der Waals surface area contributed by atoms with Crippen LogP contribution in [0.4, 0.5) is 0 Å². The van der Waals surface area contributed by atoms with Gasteiger partial charge < -0.3 is 0 Å². The zero-order valence-corrected chi connectivity index (χ0v) is 11.0. The fourth-order valence-electron chi connectivity index (χ4n) is 4.34. The van der Waals surface area contributed by atoms with Crippen molar-refractivity contribution in [2.75, 3.05) is 12.0 Å². The normalized spacial score (nSPS) is 43.5. The van der Waals surface area contributed by atoms with E-state index in [2.05, 4.69) is 20.8 Å². The molecule has 2 aliphatic rings. The molecule has 0 aliphatic heterocycles. The van der Waals surface area contributed by atoms with Gasteiger partial charge in [-0.1, -0.05) is 20.8 Å². The Morgan fingerprint density at radius 2 is 1.93 bits per heavy atom. The molecule has 0 amide bonds. The van der Waals surface area contributed by atoms with E-state index in [4.69, 9.17) is 0 Å². The van der Waals surface area contributed by atoms with Crippen molar-refractivity contribution in [2.45, 2.75) is 40.0 Å². The maximum absolute atomic E-state index is 11.6. The van der Waals surface area contributed by atoms with Crippen LogP contribution < -0.4 is 0 Å². The molecular weight excluding hydrogens is 208 g/mol. The Labute approximate surface area is 93.4 Å². The molecular formula is C12H22O2S. The van der Waals surface area contributed by atoms with Gasteiger partial charge in [-0.2, -0.15) is 0 Å². The molecule has 0 aromatic heterocycles. The minimum absolute atomic E-state index is 0.0608. The van der Waals surface area contributed by atoms with Crippen molar-refractivity contribution in [2.24, 2.45) is 22.7 Å². The lowest BCUT2D eigenvalue weighted by atomic mass is 9.67. The Hall–Kier alpha value is -0.0500. The third-order valence-corrected chi connectivity index (χ3v) is 6.38. The average Bonchev–Trinajstić information content (AvgIpc) is 2.34. The predicted molar refractivity (Wildman–Crippen MR) is 62.4 cm³/mol. The van der Waals surface area contributed by atoms with Gasteiger partial charge in [0.15, 0.2) is 0 Å². The SMILES string of the molecule is CC1CC2CCC1(CS(C)(=O)=O)C2(C)C. The highest BCUT2D eigenvalue weighted by molar-refractivity contribution is 7.90. The van der Waals surface area contributed by atoms with Crippen molar-refractivity contribution in [1.29, 1.82) is 0 Å². The molecule has 0 aromatic carbocycles. The molecule has 0 radical (unpaired) electrons. The van der Waals surface area contributed by atoms with Crippen molar-refractivity contribution in [1.82, 2.24) is 0 Å². The number of hydrogen-bond donors (Lipinski definition) is 0. The average molecular weight is 230 g/mol. The summed E-state index contributed by atoms with van der Waals surface area (Å²) >= 11 is 0. The van der Waals surface area contributed by atoms with Gasteiger partial charge in [-0.15, -0.1) is 0 Å². The number of hydrogen-bond acceptors (Lipinski definition) is 2. The summed E-state index contributed by atoms with van der Waals surface area (Å²) in [4.78, 5) is 0.